The van der Waals surface area contributed by atoms with Gasteiger partial charge in [0.25, 0.3) is 0 Å². The van der Waals surface area contributed by atoms with E-state index in [1.807, 2.05) is 18.3 Å². The average Bonchev–Trinajstić information content (AvgIpc) is 2.71. The van der Waals surface area contributed by atoms with Gasteiger partial charge in [-0.25, -0.2) is 0 Å². The highest BCUT2D eigenvalue weighted by atomic mass is 15.0. The van der Waals surface area contributed by atoms with Crippen molar-refractivity contribution in [3.63, 3.8) is 0 Å². The maximum atomic E-state index is 4.38. The molecule has 0 bridgehead atoms. The lowest BCUT2D eigenvalue weighted by molar-refractivity contribution is 0.559. The summed E-state index contributed by atoms with van der Waals surface area (Å²) in [6, 6.07) is 8.59. The number of nitrogens with zero attached hydrogens (tertiary/aromatic N) is 2. The van der Waals surface area contributed by atoms with Crippen molar-refractivity contribution in [2.24, 2.45) is 0 Å². The van der Waals surface area contributed by atoms with E-state index in [1.165, 1.54) is 17.0 Å². The third kappa shape index (κ3) is 3.04. The first-order chi connectivity index (χ1) is 9.13. The molecule has 2 heterocycles. The first-order valence-electron chi connectivity index (χ1n) is 6.93. The SMILES string of the molecule is CCn1c(C)cc(CNC(C)c2ccccn2)c1C. The van der Waals surface area contributed by atoms with Crippen LogP contribution in [-0.2, 0) is 13.1 Å². The summed E-state index contributed by atoms with van der Waals surface area (Å²) in [4.78, 5) is 4.38. The van der Waals surface area contributed by atoms with Gasteiger partial charge in [0.1, 0.15) is 0 Å². The van der Waals surface area contributed by atoms with Gasteiger partial charge >= 0.3 is 0 Å². The Morgan fingerprint density at radius 1 is 1.32 bits per heavy atom. The van der Waals surface area contributed by atoms with Gasteiger partial charge in [-0.05, 0) is 51.5 Å². The molecule has 2 rings (SSSR count). The Bertz CT molecular complexity index is 528. The normalized spacial score (nSPS) is 12.6. The Kier molecular flexibility index (Phi) is 4.38. The van der Waals surface area contributed by atoms with Crippen LogP contribution in [0, 0.1) is 13.8 Å². The lowest BCUT2D eigenvalue weighted by atomic mass is 10.2. The number of aromatic nitrogens is 2. The second-order valence-corrected chi connectivity index (χ2v) is 5.00. The number of hydrogen-bond donors (Lipinski definition) is 1. The van der Waals surface area contributed by atoms with Gasteiger partial charge in [0.2, 0.25) is 0 Å². The zero-order valence-corrected chi connectivity index (χ0v) is 12.3. The first-order valence-corrected chi connectivity index (χ1v) is 6.93. The summed E-state index contributed by atoms with van der Waals surface area (Å²) in [5.74, 6) is 0. The Labute approximate surface area is 115 Å². The molecule has 0 fully saturated rings. The summed E-state index contributed by atoms with van der Waals surface area (Å²) < 4.78 is 2.35. The smallest absolute Gasteiger partial charge is 0.0570 e. The van der Waals surface area contributed by atoms with E-state index in [4.69, 9.17) is 0 Å². The Morgan fingerprint density at radius 2 is 2.11 bits per heavy atom. The number of pyridine rings is 1. The van der Waals surface area contributed by atoms with Crippen LogP contribution in [0.25, 0.3) is 0 Å². The van der Waals surface area contributed by atoms with Crippen molar-refractivity contribution in [2.75, 3.05) is 0 Å². The monoisotopic (exact) mass is 257 g/mol. The molecule has 1 N–H and O–H groups in total. The van der Waals surface area contributed by atoms with Crippen LogP contribution in [0.3, 0.4) is 0 Å². The lowest BCUT2D eigenvalue weighted by Crippen LogP contribution is -2.19. The highest BCUT2D eigenvalue weighted by Gasteiger charge is 2.10. The van der Waals surface area contributed by atoms with Crippen LogP contribution in [-0.4, -0.2) is 9.55 Å². The second-order valence-electron chi connectivity index (χ2n) is 5.00. The average molecular weight is 257 g/mol. The minimum Gasteiger partial charge on any atom is -0.349 e. The molecule has 0 aliphatic carbocycles. The number of aryl methyl sites for hydroxylation is 1. The quantitative estimate of drug-likeness (QED) is 0.890. The molecular weight excluding hydrogens is 234 g/mol. The van der Waals surface area contributed by atoms with E-state index >= 15 is 0 Å². The summed E-state index contributed by atoms with van der Waals surface area (Å²) in [6.07, 6.45) is 1.84. The molecule has 0 aliphatic rings. The van der Waals surface area contributed by atoms with Crippen molar-refractivity contribution in [2.45, 2.75) is 46.8 Å². The van der Waals surface area contributed by atoms with Gasteiger partial charge in [0.15, 0.2) is 0 Å². The standard InChI is InChI=1S/C16H23N3/c1-5-19-12(2)10-15(14(19)4)11-18-13(3)16-8-6-7-9-17-16/h6-10,13,18H,5,11H2,1-4H3. The minimum atomic E-state index is 0.269. The second kappa shape index (κ2) is 6.02. The molecule has 0 spiro atoms. The Hall–Kier alpha value is -1.61. The molecule has 0 amide bonds. The lowest BCUT2D eigenvalue weighted by Gasteiger charge is -2.13. The van der Waals surface area contributed by atoms with Crippen LogP contribution in [0.4, 0.5) is 0 Å². The number of nitrogens with one attached hydrogen (secondary N) is 1. The molecule has 2 aromatic heterocycles. The zero-order valence-electron chi connectivity index (χ0n) is 12.3. The molecule has 0 saturated carbocycles. The van der Waals surface area contributed by atoms with Crippen molar-refractivity contribution >= 4 is 0 Å². The highest BCUT2D eigenvalue weighted by molar-refractivity contribution is 5.26. The van der Waals surface area contributed by atoms with E-state index in [-0.39, 0.29) is 6.04 Å². The molecule has 3 nitrogen and oxygen atoms in total. The topological polar surface area (TPSA) is 29.9 Å². The molecule has 2 aromatic rings. The summed E-state index contributed by atoms with van der Waals surface area (Å²) in [7, 11) is 0. The summed E-state index contributed by atoms with van der Waals surface area (Å²) in [5.41, 5.74) is 5.16. The highest BCUT2D eigenvalue weighted by Crippen LogP contribution is 2.16. The van der Waals surface area contributed by atoms with Crippen molar-refractivity contribution in [1.29, 1.82) is 0 Å². The van der Waals surface area contributed by atoms with Gasteiger partial charge in [-0.1, -0.05) is 6.07 Å². The molecule has 0 aromatic carbocycles. The molecule has 0 saturated heterocycles. The van der Waals surface area contributed by atoms with Crippen molar-refractivity contribution in [1.82, 2.24) is 14.9 Å². The van der Waals surface area contributed by atoms with E-state index in [0.717, 1.165) is 18.8 Å². The Balaban J connectivity index is 2.03. The molecule has 3 heteroatoms. The molecular formula is C16H23N3. The van der Waals surface area contributed by atoms with Crippen LogP contribution in [0.15, 0.2) is 30.5 Å². The van der Waals surface area contributed by atoms with E-state index in [2.05, 4.69) is 54.7 Å². The zero-order chi connectivity index (χ0) is 13.8. The van der Waals surface area contributed by atoms with Gasteiger partial charge in [0, 0.05) is 36.7 Å². The maximum absolute atomic E-state index is 4.38. The minimum absolute atomic E-state index is 0.269. The molecule has 0 aliphatic heterocycles. The molecule has 0 radical (unpaired) electrons. The maximum Gasteiger partial charge on any atom is 0.0570 e. The number of hydrogen-bond acceptors (Lipinski definition) is 2. The van der Waals surface area contributed by atoms with E-state index in [0.29, 0.717) is 0 Å². The van der Waals surface area contributed by atoms with Crippen LogP contribution in [0.1, 0.15) is 42.5 Å². The van der Waals surface area contributed by atoms with E-state index in [1.54, 1.807) is 0 Å². The summed E-state index contributed by atoms with van der Waals surface area (Å²) in [5, 5.41) is 3.54. The van der Waals surface area contributed by atoms with Crippen molar-refractivity contribution in [3.05, 3.63) is 53.1 Å². The third-order valence-corrected chi connectivity index (χ3v) is 3.72. The van der Waals surface area contributed by atoms with Crippen LogP contribution < -0.4 is 5.32 Å². The fourth-order valence-electron chi connectivity index (χ4n) is 2.54. The van der Waals surface area contributed by atoms with E-state index < -0.39 is 0 Å². The molecule has 1 atom stereocenters. The molecule has 1 unspecified atom stereocenters. The van der Waals surface area contributed by atoms with Gasteiger partial charge in [-0.2, -0.15) is 0 Å². The molecule has 102 valence electrons. The molecule has 19 heavy (non-hydrogen) atoms. The fraction of sp³-hybridized carbons (Fsp3) is 0.438. The van der Waals surface area contributed by atoms with Gasteiger partial charge < -0.3 is 9.88 Å². The Morgan fingerprint density at radius 3 is 2.68 bits per heavy atom. The largest absolute Gasteiger partial charge is 0.349 e. The fourth-order valence-corrected chi connectivity index (χ4v) is 2.54. The summed E-state index contributed by atoms with van der Waals surface area (Å²) in [6.45, 7) is 10.6. The van der Waals surface area contributed by atoms with Gasteiger partial charge in [0.05, 0.1) is 5.69 Å². The van der Waals surface area contributed by atoms with Crippen molar-refractivity contribution in [3.8, 4) is 0 Å². The third-order valence-electron chi connectivity index (χ3n) is 3.72. The van der Waals surface area contributed by atoms with Gasteiger partial charge in [-0.15, -0.1) is 0 Å². The van der Waals surface area contributed by atoms with Crippen LogP contribution >= 0.6 is 0 Å². The predicted molar refractivity (Wildman–Crippen MR) is 79.1 cm³/mol. The predicted octanol–water partition coefficient (Wildman–Crippen LogP) is 3.37. The van der Waals surface area contributed by atoms with Gasteiger partial charge in [-0.3, -0.25) is 4.98 Å². The summed E-state index contributed by atoms with van der Waals surface area (Å²) >= 11 is 0. The van der Waals surface area contributed by atoms with Crippen LogP contribution in [0.2, 0.25) is 0 Å². The number of rotatable bonds is 5. The first kappa shape index (κ1) is 13.8. The van der Waals surface area contributed by atoms with Crippen molar-refractivity contribution < 1.29 is 0 Å². The van der Waals surface area contributed by atoms with E-state index in [9.17, 15) is 0 Å². The van der Waals surface area contributed by atoms with Crippen LogP contribution in [0.5, 0.6) is 0 Å².